The summed E-state index contributed by atoms with van der Waals surface area (Å²) in [7, 11) is 1.65. The van der Waals surface area contributed by atoms with Crippen molar-refractivity contribution in [2.75, 3.05) is 19.0 Å². The number of hydrogen-bond donors (Lipinski definition) is 3. The molecule has 0 bridgehead atoms. The molecule has 4 aromatic rings. The normalized spacial score (nSPS) is 10.8. The molecule has 0 radical (unpaired) electrons. The van der Waals surface area contributed by atoms with Crippen molar-refractivity contribution in [3.8, 4) is 17.1 Å². The van der Waals surface area contributed by atoms with Crippen LogP contribution in [0.4, 0.5) is 5.82 Å². The highest BCUT2D eigenvalue weighted by Crippen LogP contribution is 2.23. The van der Waals surface area contributed by atoms with Crippen LogP contribution in [-0.2, 0) is 6.42 Å². The number of methoxy groups -OCH3 is 1. The molecule has 2 aromatic carbocycles. The minimum absolute atomic E-state index is 0.437. The fourth-order valence-electron chi connectivity index (χ4n) is 2.99. The molecular weight excluding hydrogens is 368 g/mol. The number of carbonyl (C=O) groups is 1. The van der Waals surface area contributed by atoms with Crippen LogP contribution in [0.5, 0.6) is 5.75 Å². The summed E-state index contributed by atoms with van der Waals surface area (Å²) in [5.74, 6) is 1.56. The molecule has 0 aliphatic carbocycles. The van der Waals surface area contributed by atoms with Gasteiger partial charge in [-0.1, -0.05) is 24.3 Å². The number of rotatable bonds is 7. The van der Waals surface area contributed by atoms with E-state index in [4.69, 9.17) is 10.5 Å². The first-order chi connectivity index (χ1) is 14.1. The third kappa shape index (κ3) is 4.01. The summed E-state index contributed by atoms with van der Waals surface area (Å²) in [5.41, 5.74) is 9.03. The monoisotopic (exact) mass is 388 g/mol. The topological polar surface area (TPSA) is 119 Å². The van der Waals surface area contributed by atoms with Gasteiger partial charge in [-0.2, -0.15) is 0 Å². The Bertz CT molecular complexity index is 1140. The van der Waals surface area contributed by atoms with Gasteiger partial charge in [0, 0.05) is 17.7 Å². The van der Waals surface area contributed by atoms with E-state index in [1.54, 1.807) is 37.7 Å². The van der Waals surface area contributed by atoms with Crippen molar-refractivity contribution in [2.45, 2.75) is 6.42 Å². The minimum Gasteiger partial charge on any atom is -0.497 e. The van der Waals surface area contributed by atoms with Gasteiger partial charge in [0.1, 0.15) is 11.3 Å². The van der Waals surface area contributed by atoms with Crippen molar-refractivity contribution < 1.29 is 9.53 Å². The number of primary amides is 1. The maximum Gasteiger partial charge on any atom is 0.248 e. The Labute approximate surface area is 167 Å². The lowest BCUT2D eigenvalue weighted by molar-refractivity contribution is 0.100. The Morgan fingerprint density at radius 3 is 2.55 bits per heavy atom. The van der Waals surface area contributed by atoms with Gasteiger partial charge < -0.3 is 20.8 Å². The second kappa shape index (κ2) is 7.97. The number of aromatic amines is 1. The lowest BCUT2D eigenvalue weighted by atomic mass is 10.1. The highest BCUT2D eigenvalue weighted by molar-refractivity contribution is 5.93. The minimum atomic E-state index is -0.471. The zero-order chi connectivity index (χ0) is 20.2. The number of benzene rings is 2. The predicted octanol–water partition coefficient (Wildman–Crippen LogP) is 2.78. The summed E-state index contributed by atoms with van der Waals surface area (Å²) < 4.78 is 5.19. The largest absolute Gasteiger partial charge is 0.497 e. The number of hydrogen-bond acceptors (Lipinski definition) is 6. The second-order valence-electron chi connectivity index (χ2n) is 6.46. The highest BCUT2D eigenvalue weighted by atomic mass is 16.5. The fourth-order valence-corrected chi connectivity index (χ4v) is 2.99. The number of nitrogens with two attached hydrogens (primary N) is 1. The standard InChI is InChI=1S/C21H20N6O2/c1-29-16-8-2-13(3-9-16)10-11-23-20-17-21(25-12-24-17)27-19(26-20)15-6-4-14(5-7-15)18(22)28/h2-9,12H,10-11H2,1H3,(H2,22,28)(H2,23,24,25,26,27). The van der Waals surface area contributed by atoms with Crippen LogP contribution in [0.1, 0.15) is 15.9 Å². The van der Waals surface area contributed by atoms with E-state index in [0.29, 0.717) is 29.4 Å². The molecule has 146 valence electrons. The Morgan fingerprint density at radius 2 is 1.86 bits per heavy atom. The number of H-pyrrole nitrogens is 1. The zero-order valence-electron chi connectivity index (χ0n) is 15.8. The van der Waals surface area contributed by atoms with Crippen molar-refractivity contribution in [1.29, 1.82) is 0 Å². The van der Waals surface area contributed by atoms with Gasteiger partial charge in [0.15, 0.2) is 17.3 Å². The van der Waals surface area contributed by atoms with Gasteiger partial charge in [0.25, 0.3) is 0 Å². The molecule has 0 saturated heterocycles. The summed E-state index contributed by atoms with van der Waals surface area (Å²) >= 11 is 0. The molecule has 8 nitrogen and oxygen atoms in total. The molecule has 2 heterocycles. The lowest BCUT2D eigenvalue weighted by Crippen LogP contribution is -2.10. The van der Waals surface area contributed by atoms with Gasteiger partial charge in [0.2, 0.25) is 5.91 Å². The van der Waals surface area contributed by atoms with Crippen molar-refractivity contribution >= 4 is 22.9 Å². The van der Waals surface area contributed by atoms with Crippen molar-refractivity contribution in [1.82, 2.24) is 19.9 Å². The van der Waals surface area contributed by atoms with Crippen LogP contribution in [0, 0.1) is 0 Å². The summed E-state index contributed by atoms with van der Waals surface area (Å²) in [6.45, 7) is 0.692. The molecule has 2 aromatic heterocycles. The van der Waals surface area contributed by atoms with E-state index in [1.807, 2.05) is 24.3 Å². The molecule has 1 amide bonds. The smallest absolute Gasteiger partial charge is 0.248 e. The SMILES string of the molecule is COc1ccc(CCNc2nc(-c3ccc(C(N)=O)cc3)nc3nc[nH]c23)cc1. The number of ether oxygens (including phenoxy) is 1. The van der Waals surface area contributed by atoms with E-state index < -0.39 is 5.91 Å². The van der Waals surface area contributed by atoms with E-state index in [1.165, 1.54) is 5.56 Å². The summed E-state index contributed by atoms with van der Waals surface area (Å²) in [5, 5.41) is 3.36. The average molecular weight is 388 g/mol. The second-order valence-corrected chi connectivity index (χ2v) is 6.46. The van der Waals surface area contributed by atoms with E-state index >= 15 is 0 Å². The molecule has 4 N–H and O–H groups in total. The Hall–Kier alpha value is -3.94. The van der Waals surface area contributed by atoms with Crippen molar-refractivity contribution in [3.63, 3.8) is 0 Å². The number of nitrogens with zero attached hydrogens (tertiary/aromatic N) is 3. The van der Waals surface area contributed by atoms with E-state index in [2.05, 4.69) is 25.3 Å². The van der Waals surface area contributed by atoms with E-state index in [9.17, 15) is 4.79 Å². The molecule has 0 spiro atoms. The number of carbonyl (C=O) groups excluding carboxylic acids is 1. The number of anilines is 1. The average Bonchev–Trinajstić information content (AvgIpc) is 3.23. The third-order valence-electron chi connectivity index (χ3n) is 4.58. The van der Waals surface area contributed by atoms with Gasteiger partial charge in [-0.25, -0.2) is 15.0 Å². The van der Waals surface area contributed by atoms with Crippen LogP contribution in [-0.4, -0.2) is 39.5 Å². The van der Waals surface area contributed by atoms with Gasteiger partial charge in [0.05, 0.1) is 13.4 Å². The van der Waals surface area contributed by atoms with Gasteiger partial charge in [-0.15, -0.1) is 0 Å². The molecule has 4 rings (SSSR count). The van der Waals surface area contributed by atoms with Crippen LogP contribution in [0.15, 0.2) is 54.9 Å². The molecule has 29 heavy (non-hydrogen) atoms. The molecule has 0 saturated carbocycles. The first kappa shape index (κ1) is 18.4. The highest BCUT2D eigenvalue weighted by Gasteiger charge is 2.12. The number of fused-ring (bicyclic) bond motifs is 1. The van der Waals surface area contributed by atoms with Gasteiger partial charge in [-0.05, 0) is 36.2 Å². The Morgan fingerprint density at radius 1 is 1.10 bits per heavy atom. The van der Waals surface area contributed by atoms with Gasteiger partial charge >= 0.3 is 0 Å². The van der Waals surface area contributed by atoms with Crippen molar-refractivity contribution in [3.05, 3.63) is 66.0 Å². The summed E-state index contributed by atoms with van der Waals surface area (Å²) in [6.07, 6.45) is 2.42. The number of nitrogens with one attached hydrogen (secondary N) is 2. The maximum absolute atomic E-state index is 11.3. The molecule has 8 heteroatoms. The fraction of sp³-hybridized carbons (Fsp3) is 0.143. The first-order valence-electron chi connectivity index (χ1n) is 9.12. The molecule has 0 atom stereocenters. The van der Waals surface area contributed by atoms with E-state index in [-0.39, 0.29) is 0 Å². The quantitative estimate of drug-likeness (QED) is 0.448. The van der Waals surface area contributed by atoms with Crippen molar-refractivity contribution in [2.24, 2.45) is 5.73 Å². The lowest BCUT2D eigenvalue weighted by Gasteiger charge is -2.09. The zero-order valence-corrected chi connectivity index (χ0v) is 15.8. The number of aromatic nitrogens is 4. The van der Waals surface area contributed by atoms with Crippen LogP contribution >= 0.6 is 0 Å². The molecule has 0 aliphatic heterocycles. The van der Waals surface area contributed by atoms with Crippen LogP contribution in [0.3, 0.4) is 0 Å². The Balaban J connectivity index is 1.55. The van der Waals surface area contributed by atoms with Crippen LogP contribution < -0.4 is 15.8 Å². The molecule has 0 unspecified atom stereocenters. The molecule has 0 aliphatic rings. The van der Waals surface area contributed by atoms with Gasteiger partial charge in [-0.3, -0.25) is 4.79 Å². The molecular formula is C21H20N6O2. The summed E-state index contributed by atoms with van der Waals surface area (Å²) in [4.78, 5) is 27.8. The van der Waals surface area contributed by atoms with E-state index in [0.717, 1.165) is 23.3 Å². The Kier molecular flexibility index (Phi) is 5.07. The molecule has 0 fully saturated rings. The van der Waals surface area contributed by atoms with Crippen LogP contribution in [0.25, 0.3) is 22.6 Å². The number of imidazole rings is 1. The predicted molar refractivity (Wildman–Crippen MR) is 111 cm³/mol. The number of amides is 1. The van der Waals surface area contributed by atoms with Crippen LogP contribution in [0.2, 0.25) is 0 Å². The summed E-state index contributed by atoms with van der Waals surface area (Å²) in [6, 6.07) is 14.8. The first-order valence-corrected chi connectivity index (χ1v) is 9.12. The maximum atomic E-state index is 11.3. The third-order valence-corrected chi connectivity index (χ3v) is 4.58.